The van der Waals surface area contributed by atoms with Gasteiger partial charge in [0.2, 0.25) is 0 Å². The molecular weight excluding hydrogens is 214 g/mol. The van der Waals surface area contributed by atoms with E-state index in [4.69, 9.17) is 6.42 Å². The lowest BCUT2D eigenvalue weighted by Gasteiger charge is -1.75. The van der Waals surface area contributed by atoms with Gasteiger partial charge in [0.1, 0.15) is 6.54 Å². The first kappa shape index (κ1) is 9.20. The lowest BCUT2D eigenvalue weighted by atomic mass is 10.7. The van der Waals surface area contributed by atoms with Crippen molar-refractivity contribution in [1.29, 1.82) is 0 Å². The van der Waals surface area contributed by atoms with Gasteiger partial charge in [-0.1, -0.05) is 28.6 Å². The van der Waals surface area contributed by atoms with Crippen molar-refractivity contribution in [2.45, 2.75) is 8.42 Å². The first-order valence-corrected chi connectivity index (χ1v) is 5.22. The number of terminal acetylenes is 1. The third-order valence-electron chi connectivity index (χ3n) is 0.850. The summed E-state index contributed by atoms with van der Waals surface area (Å²) in [7, 11) is 0. The van der Waals surface area contributed by atoms with Gasteiger partial charge in [0, 0.05) is 0 Å². The van der Waals surface area contributed by atoms with Gasteiger partial charge in [0.15, 0.2) is 3.98 Å². The van der Waals surface area contributed by atoms with E-state index >= 15 is 0 Å². The Hall–Kier alpha value is 0.110. The quantitative estimate of drug-likeness (QED) is 0.529. The van der Waals surface area contributed by atoms with E-state index in [9.17, 15) is 0 Å². The lowest BCUT2D eigenvalue weighted by molar-refractivity contribution is 1.23. The molecule has 0 aliphatic rings. The molecule has 0 bridgehead atoms. The van der Waals surface area contributed by atoms with Crippen molar-refractivity contribution in [1.82, 2.24) is 0 Å². The van der Waals surface area contributed by atoms with Gasteiger partial charge in [-0.3, -0.25) is 4.99 Å². The van der Waals surface area contributed by atoms with Crippen molar-refractivity contribution in [2.75, 3.05) is 6.54 Å². The minimum Gasteiger partial charge on any atom is -0.252 e. The number of rotatable bonds is 1. The molecule has 11 heavy (non-hydrogen) atoms. The Morgan fingerprint density at radius 1 is 1.36 bits per heavy atom. The van der Waals surface area contributed by atoms with Crippen LogP contribution in [0.5, 0.6) is 0 Å². The minimum atomic E-state index is 0.428. The second kappa shape index (κ2) is 4.21. The molecule has 1 rings (SSSR count). The van der Waals surface area contributed by atoms with Crippen LogP contribution in [0.4, 0.5) is 0 Å². The van der Waals surface area contributed by atoms with Gasteiger partial charge in [-0.05, 0) is 0 Å². The van der Waals surface area contributed by atoms with E-state index in [0.29, 0.717) is 6.54 Å². The highest BCUT2D eigenvalue weighted by molar-refractivity contribution is 7.87. The molecule has 0 N–H and O–H groups in total. The Morgan fingerprint density at radius 3 is 2.36 bits per heavy atom. The molecule has 1 aromatic heterocycles. The molecule has 0 saturated heterocycles. The Kier molecular flexibility index (Phi) is 3.52. The van der Waals surface area contributed by atoms with Gasteiger partial charge in [-0.2, -0.15) is 0 Å². The zero-order chi connectivity index (χ0) is 8.27. The van der Waals surface area contributed by atoms with Crippen LogP contribution in [0.3, 0.4) is 0 Å². The summed E-state index contributed by atoms with van der Waals surface area (Å²) in [4.78, 5) is 4.11. The zero-order valence-electron chi connectivity index (χ0n) is 5.44. The third kappa shape index (κ3) is 2.56. The Balaban J connectivity index is 2.99. The van der Waals surface area contributed by atoms with Crippen LogP contribution in [0.2, 0.25) is 0 Å². The molecule has 0 amide bonds. The lowest BCUT2D eigenvalue weighted by Crippen LogP contribution is -1.87. The summed E-state index contributed by atoms with van der Waals surface area (Å²) in [5, 5.41) is 0. The highest BCUT2D eigenvalue weighted by Gasteiger charge is 1.97. The minimum absolute atomic E-state index is 0.428. The molecule has 0 unspecified atom stereocenters. The van der Waals surface area contributed by atoms with Crippen LogP contribution in [-0.4, -0.2) is 6.54 Å². The summed E-state index contributed by atoms with van der Waals surface area (Å²) in [6.07, 6.45) is 5.05. The normalized spacial score (nSPS) is 9.18. The molecular formula is C6H5NS4. The van der Waals surface area contributed by atoms with Crippen LogP contribution in [0, 0.1) is 12.3 Å². The van der Waals surface area contributed by atoms with Crippen molar-refractivity contribution in [3.63, 3.8) is 0 Å². The van der Waals surface area contributed by atoms with Gasteiger partial charge in [-0.15, -0.1) is 31.7 Å². The second-order valence-electron chi connectivity index (χ2n) is 1.60. The van der Waals surface area contributed by atoms with E-state index in [1.54, 1.807) is 0 Å². The summed E-state index contributed by atoms with van der Waals surface area (Å²) in [6, 6.07) is 0. The van der Waals surface area contributed by atoms with Gasteiger partial charge in [0.25, 0.3) is 0 Å². The molecule has 0 aliphatic carbocycles. The molecule has 0 fully saturated rings. The fourth-order valence-corrected chi connectivity index (χ4v) is 3.29. The maximum atomic E-state index is 5.05. The Bertz CT molecular complexity index is 318. The summed E-state index contributed by atoms with van der Waals surface area (Å²) >= 11 is 11.4. The predicted molar refractivity (Wildman–Crippen MR) is 56.0 cm³/mol. The van der Waals surface area contributed by atoms with Crippen molar-refractivity contribution in [2.24, 2.45) is 4.99 Å². The van der Waals surface area contributed by atoms with E-state index in [1.165, 1.54) is 22.7 Å². The highest BCUT2D eigenvalue weighted by atomic mass is 32.2. The van der Waals surface area contributed by atoms with Crippen LogP contribution in [0.25, 0.3) is 0 Å². The van der Waals surface area contributed by atoms with E-state index in [-0.39, 0.29) is 0 Å². The van der Waals surface area contributed by atoms with E-state index in [2.05, 4.69) is 36.2 Å². The zero-order valence-corrected chi connectivity index (χ0v) is 8.86. The molecule has 5 heteroatoms. The van der Waals surface area contributed by atoms with Crippen molar-refractivity contribution in [3.8, 4) is 12.3 Å². The first-order chi connectivity index (χ1) is 5.24. The average Bonchev–Trinajstić information content (AvgIpc) is 2.28. The number of hydrogen-bond acceptors (Lipinski definition) is 5. The molecule has 1 aromatic rings. The maximum absolute atomic E-state index is 5.05. The average molecular weight is 219 g/mol. The Morgan fingerprint density at radius 2 is 1.91 bits per heavy atom. The van der Waals surface area contributed by atoms with E-state index in [0.717, 1.165) is 12.4 Å². The number of nitrogens with zero attached hydrogens (tertiary/aromatic N) is 1. The first-order valence-electron chi connectivity index (χ1n) is 2.70. The monoisotopic (exact) mass is 219 g/mol. The van der Waals surface area contributed by atoms with Crippen molar-refractivity contribution < 1.29 is 0 Å². The van der Waals surface area contributed by atoms with Crippen molar-refractivity contribution in [3.05, 3.63) is 3.98 Å². The fraction of sp³-hybridized carbons (Fsp3) is 0.167. The van der Waals surface area contributed by atoms with Gasteiger partial charge < -0.3 is 0 Å². The Labute approximate surface area is 84.0 Å². The molecule has 1 heterocycles. The second-order valence-corrected chi connectivity index (χ2v) is 5.36. The molecule has 0 radical (unpaired) electrons. The molecule has 1 nitrogen and oxygen atoms in total. The molecule has 0 saturated carbocycles. The van der Waals surface area contributed by atoms with Crippen LogP contribution in [0.15, 0.2) is 13.4 Å². The number of thiol groups is 2. The summed E-state index contributed by atoms with van der Waals surface area (Å²) < 4.78 is 2.72. The number of hydrogen-bond donors (Lipinski definition) is 2. The topological polar surface area (TPSA) is 12.4 Å². The van der Waals surface area contributed by atoms with Gasteiger partial charge >= 0.3 is 0 Å². The van der Waals surface area contributed by atoms with Crippen LogP contribution >= 0.6 is 47.9 Å². The largest absolute Gasteiger partial charge is 0.252 e. The van der Waals surface area contributed by atoms with E-state index < -0.39 is 0 Å². The SMILES string of the molecule is C#CCN=c1sc(S)c(S)s1. The van der Waals surface area contributed by atoms with Gasteiger partial charge in [0.05, 0.1) is 8.42 Å². The molecule has 0 atom stereocenters. The van der Waals surface area contributed by atoms with Crippen molar-refractivity contribution >= 4 is 47.9 Å². The highest BCUT2D eigenvalue weighted by Crippen LogP contribution is 2.24. The summed E-state index contributed by atoms with van der Waals surface area (Å²) in [5.41, 5.74) is 0. The van der Waals surface area contributed by atoms with Crippen LogP contribution < -0.4 is 3.98 Å². The molecule has 58 valence electrons. The smallest absolute Gasteiger partial charge is 0.168 e. The summed E-state index contributed by atoms with van der Waals surface area (Å²) in [5.74, 6) is 2.44. The molecule has 0 aromatic carbocycles. The molecule has 0 aliphatic heterocycles. The maximum Gasteiger partial charge on any atom is 0.168 e. The third-order valence-corrected chi connectivity index (χ3v) is 4.36. The fourth-order valence-electron chi connectivity index (χ4n) is 0.448. The standard InChI is InChI=1S/C6H5NS4/c1-2-3-7-6-10-4(8)5(9)11-6/h1,8-9H,3H2. The van der Waals surface area contributed by atoms with Crippen LogP contribution in [-0.2, 0) is 0 Å². The van der Waals surface area contributed by atoms with Crippen LogP contribution in [0.1, 0.15) is 0 Å². The predicted octanol–water partition coefficient (Wildman–Crippen LogP) is 1.92. The molecule has 0 spiro atoms. The summed E-state index contributed by atoms with van der Waals surface area (Å²) in [6.45, 7) is 0.428. The van der Waals surface area contributed by atoms with Gasteiger partial charge in [-0.25, -0.2) is 0 Å². The van der Waals surface area contributed by atoms with E-state index in [1.807, 2.05) is 0 Å².